The number of thioether (sulfide) groups is 1. The highest BCUT2D eigenvalue weighted by Crippen LogP contribution is 2.21. The van der Waals surface area contributed by atoms with Gasteiger partial charge in [-0.3, -0.25) is 4.79 Å². The van der Waals surface area contributed by atoms with Crippen molar-refractivity contribution < 1.29 is 4.79 Å². The summed E-state index contributed by atoms with van der Waals surface area (Å²) in [5.41, 5.74) is 0.749. The molecule has 0 N–H and O–H groups in total. The van der Waals surface area contributed by atoms with Gasteiger partial charge < -0.3 is 4.90 Å². The first-order valence-electron chi connectivity index (χ1n) is 6.05. The zero-order valence-corrected chi connectivity index (χ0v) is 13.4. The Labute approximate surface area is 126 Å². The Morgan fingerprint density at radius 1 is 1.21 bits per heavy atom. The van der Waals surface area contributed by atoms with E-state index in [9.17, 15) is 4.79 Å². The molecule has 0 atom stereocenters. The average molecular weight is 338 g/mol. The van der Waals surface area contributed by atoms with Crippen molar-refractivity contribution in [2.45, 2.75) is 0 Å². The maximum absolute atomic E-state index is 12.3. The van der Waals surface area contributed by atoms with Gasteiger partial charge in [0, 0.05) is 29.4 Å². The van der Waals surface area contributed by atoms with Gasteiger partial charge in [0.2, 0.25) is 0 Å². The average Bonchev–Trinajstić information content (AvgIpc) is 2.43. The van der Waals surface area contributed by atoms with Crippen LogP contribution in [0.3, 0.4) is 0 Å². The molecule has 100 valence electrons. The number of fused-ring (bicyclic) bond motifs is 1. The number of rotatable bonds is 4. The fraction of sp³-hybridized carbons (Fsp3) is 0.267. The zero-order chi connectivity index (χ0) is 13.8. The molecule has 4 heteroatoms. The van der Waals surface area contributed by atoms with Gasteiger partial charge in [-0.25, -0.2) is 0 Å². The number of carbonyl (C=O) groups is 1. The third-order valence-electron chi connectivity index (χ3n) is 3.03. The Morgan fingerprint density at radius 2 is 1.89 bits per heavy atom. The van der Waals surface area contributed by atoms with Gasteiger partial charge in [0.25, 0.3) is 5.91 Å². The molecule has 0 aliphatic carbocycles. The van der Waals surface area contributed by atoms with Crippen LogP contribution in [-0.2, 0) is 0 Å². The van der Waals surface area contributed by atoms with Crippen LogP contribution in [-0.4, -0.2) is 36.4 Å². The van der Waals surface area contributed by atoms with Crippen molar-refractivity contribution in [3.63, 3.8) is 0 Å². The molecule has 0 aromatic heterocycles. The molecule has 0 radical (unpaired) electrons. The predicted molar refractivity (Wildman–Crippen MR) is 87.0 cm³/mol. The first kappa shape index (κ1) is 14.4. The third kappa shape index (κ3) is 3.51. The molecule has 2 aromatic rings. The second-order valence-corrected chi connectivity index (χ2v) is 6.33. The second-order valence-electron chi connectivity index (χ2n) is 4.43. The SMILES string of the molecule is CSCCN(C)C(=O)c1ccc2cc(Br)ccc2c1. The topological polar surface area (TPSA) is 20.3 Å². The van der Waals surface area contributed by atoms with E-state index in [0.717, 1.165) is 33.1 Å². The lowest BCUT2D eigenvalue weighted by Crippen LogP contribution is -2.28. The Bertz CT molecular complexity index is 600. The fourth-order valence-corrected chi connectivity index (χ4v) is 2.74. The van der Waals surface area contributed by atoms with Crippen molar-refractivity contribution in [3.05, 3.63) is 46.4 Å². The van der Waals surface area contributed by atoms with Crippen LogP contribution in [0, 0.1) is 0 Å². The van der Waals surface area contributed by atoms with Crippen molar-refractivity contribution >= 4 is 44.4 Å². The molecule has 2 nitrogen and oxygen atoms in total. The van der Waals surface area contributed by atoms with Crippen LogP contribution in [0.1, 0.15) is 10.4 Å². The number of hydrogen-bond donors (Lipinski definition) is 0. The van der Waals surface area contributed by atoms with Crippen LogP contribution in [0.4, 0.5) is 0 Å². The number of benzene rings is 2. The van der Waals surface area contributed by atoms with Crippen molar-refractivity contribution in [1.82, 2.24) is 4.90 Å². The molecule has 0 unspecified atom stereocenters. The summed E-state index contributed by atoms with van der Waals surface area (Å²) in [6, 6.07) is 11.9. The summed E-state index contributed by atoms with van der Waals surface area (Å²) in [6.45, 7) is 0.776. The van der Waals surface area contributed by atoms with E-state index < -0.39 is 0 Å². The molecule has 0 bridgehead atoms. The predicted octanol–water partition coefficient (Wildman–Crippen LogP) is 4.04. The van der Waals surface area contributed by atoms with Crippen LogP contribution in [0.25, 0.3) is 10.8 Å². The maximum Gasteiger partial charge on any atom is 0.253 e. The van der Waals surface area contributed by atoms with Gasteiger partial charge in [0.15, 0.2) is 0 Å². The molecular weight excluding hydrogens is 322 g/mol. The van der Waals surface area contributed by atoms with E-state index in [2.05, 4.69) is 22.0 Å². The molecule has 0 spiro atoms. The molecule has 2 aromatic carbocycles. The molecule has 0 aliphatic rings. The van der Waals surface area contributed by atoms with Crippen molar-refractivity contribution in [3.8, 4) is 0 Å². The van der Waals surface area contributed by atoms with E-state index in [0.29, 0.717) is 0 Å². The van der Waals surface area contributed by atoms with Crippen LogP contribution >= 0.6 is 27.7 Å². The number of carbonyl (C=O) groups excluding carboxylic acids is 1. The van der Waals surface area contributed by atoms with Crippen LogP contribution in [0.2, 0.25) is 0 Å². The van der Waals surface area contributed by atoms with Crippen molar-refractivity contribution in [1.29, 1.82) is 0 Å². The molecule has 0 fully saturated rings. The number of halogens is 1. The summed E-state index contributed by atoms with van der Waals surface area (Å²) >= 11 is 5.20. The highest BCUT2D eigenvalue weighted by molar-refractivity contribution is 9.10. The summed E-state index contributed by atoms with van der Waals surface area (Å²) in [4.78, 5) is 14.0. The van der Waals surface area contributed by atoms with Gasteiger partial charge in [-0.1, -0.05) is 28.1 Å². The molecule has 1 amide bonds. The van der Waals surface area contributed by atoms with Crippen LogP contribution in [0.5, 0.6) is 0 Å². The largest absolute Gasteiger partial charge is 0.341 e. The minimum atomic E-state index is 0.0823. The lowest BCUT2D eigenvalue weighted by Gasteiger charge is -2.16. The molecular formula is C15H16BrNOS. The Balaban J connectivity index is 2.25. The lowest BCUT2D eigenvalue weighted by molar-refractivity contribution is 0.0804. The Morgan fingerprint density at radius 3 is 2.63 bits per heavy atom. The van der Waals surface area contributed by atoms with Crippen LogP contribution in [0.15, 0.2) is 40.9 Å². The Hall–Kier alpha value is -1.00. The van der Waals surface area contributed by atoms with E-state index in [4.69, 9.17) is 0 Å². The maximum atomic E-state index is 12.3. The summed E-state index contributed by atoms with van der Waals surface area (Å²) in [5.74, 6) is 1.04. The minimum Gasteiger partial charge on any atom is -0.341 e. The summed E-state index contributed by atoms with van der Waals surface area (Å²) in [7, 11) is 1.85. The van der Waals surface area contributed by atoms with Gasteiger partial charge in [-0.05, 0) is 41.3 Å². The molecule has 2 rings (SSSR count). The van der Waals surface area contributed by atoms with E-state index in [1.165, 1.54) is 0 Å². The zero-order valence-electron chi connectivity index (χ0n) is 11.0. The highest BCUT2D eigenvalue weighted by atomic mass is 79.9. The minimum absolute atomic E-state index is 0.0823. The monoisotopic (exact) mass is 337 g/mol. The van der Waals surface area contributed by atoms with Crippen LogP contribution < -0.4 is 0 Å². The van der Waals surface area contributed by atoms with Crippen molar-refractivity contribution in [2.75, 3.05) is 25.6 Å². The molecule has 0 saturated carbocycles. The molecule has 0 saturated heterocycles. The standard InChI is InChI=1S/C15H16BrNOS/c1-17(7-8-19-2)15(18)13-4-3-12-10-14(16)6-5-11(12)9-13/h3-6,9-10H,7-8H2,1-2H3. The molecule has 0 aliphatic heterocycles. The normalized spacial score (nSPS) is 10.7. The van der Waals surface area contributed by atoms with E-state index in [1.54, 1.807) is 16.7 Å². The quantitative estimate of drug-likeness (QED) is 0.839. The second kappa shape index (κ2) is 6.44. The first-order chi connectivity index (χ1) is 9.11. The summed E-state index contributed by atoms with van der Waals surface area (Å²) in [5, 5.41) is 2.23. The van der Waals surface area contributed by atoms with Gasteiger partial charge in [0.05, 0.1) is 0 Å². The lowest BCUT2D eigenvalue weighted by atomic mass is 10.1. The Kier molecular flexibility index (Phi) is 4.88. The number of hydrogen-bond acceptors (Lipinski definition) is 2. The van der Waals surface area contributed by atoms with Gasteiger partial charge in [-0.15, -0.1) is 0 Å². The van der Waals surface area contributed by atoms with Gasteiger partial charge in [0.1, 0.15) is 0 Å². The summed E-state index contributed by atoms with van der Waals surface area (Å²) in [6.07, 6.45) is 2.05. The highest BCUT2D eigenvalue weighted by Gasteiger charge is 2.11. The first-order valence-corrected chi connectivity index (χ1v) is 8.24. The van der Waals surface area contributed by atoms with E-state index in [1.807, 2.05) is 43.6 Å². The van der Waals surface area contributed by atoms with Gasteiger partial charge in [-0.2, -0.15) is 11.8 Å². The number of amides is 1. The van der Waals surface area contributed by atoms with Gasteiger partial charge >= 0.3 is 0 Å². The van der Waals surface area contributed by atoms with E-state index >= 15 is 0 Å². The fourth-order valence-electron chi connectivity index (χ4n) is 1.90. The van der Waals surface area contributed by atoms with E-state index in [-0.39, 0.29) is 5.91 Å². The smallest absolute Gasteiger partial charge is 0.253 e. The third-order valence-corrected chi connectivity index (χ3v) is 4.11. The summed E-state index contributed by atoms with van der Waals surface area (Å²) < 4.78 is 1.05. The molecule has 0 heterocycles. The van der Waals surface area contributed by atoms with Crippen molar-refractivity contribution in [2.24, 2.45) is 0 Å². The molecule has 19 heavy (non-hydrogen) atoms. The number of nitrogens with zero attached hydrogens (tertiary/aromatic N) is 1.